The zero-order valence-corrected chi connectivity index (χ0v) is 13.9. The number of benzene rings is 2. The van der Waals surface area contributed by atoms with Crippen LogP contribution in [0.25, 0.3) is 0 Å². The highest BCUT2D eigenvalue weighted by Crippen LogP contribution is 2.34. The van der Waals surface area contributed by atoms with Gasteiger partial charge >= 0.3 is 5.69 Å². The Hall–Kier alpha value is -1.28. The summed E-state index contributed by atoms with van der Waals surface area (Å²) in [7, 11) is 0. The Kier molecular flexibility index (Phi) is 4.87. The molecule has 0 bridgehead atoms. The van der Waals surface area contributed by atoms with E-state index in [9.17, 15) is 10.1 Å². The molecule has 2 aromatic rings. The summed E-state index contributed by atoms with van der Waals surface area (Å²) >= 11 is 3.69. The molecular formula is C14H12INO3S. The largest absolute Gasteiger partial charge is 0.450 e. The van der Waals surface area contributed by atoms with Gasteiger partial charge < -0.3 is 4.74 Å². The number of rotatable bonds is 4. The van der Waals surface area contributed by atoms with E-state index in [1.165, 1.54) is 6.07 Å². The van der Waals surface area contributed by atoms with E-state index in [1.807, 2.05) is 54.0 Å². The third-order valence-electron chi connectivity index (χ3n) is 2.71. The molecule has 20 heavy (non-hydrogen) atoms. The van der Waals surface area contributed by atoms with E-state index in [1.54, 1.807) is 23.9 Å². The molecule has 6 heteroatoms. The first-order valence-electron chi connectivity index (χ1n) is 5.77. The van der Waals surface area contributed by atoms with Gasteiger partial charge in [-0.25, -0.2) is 0 Å². The number of hydrogen-bond acceptors (Lipinski definition) is 4. The fraction of sp³-hybridized carbons (Fsp3) is 0.143. The molecule has 0 fully saturated rings. The molecular weight excluding hydrogens is 389 g/mol. The van der Waals surface area contributed by atoms with Crippen molar-refractivity contribution in [1.82, 2.24) is 0 Å². The summed E-state index contributed by atoms with van der Waals surface area (Å²) in [4.78, 5) is 11.8. The fourth-order valence-corrected chi connectivity index (χ4v) is 2.82. The van der Waals surface area contributed by atoms with Gasteiger partial charge in [0.15, 0.2) is 0 Å². The lowest BCUT2D eigenvalue weighted by molar-refractivity contribution is -0.385. The summed E-state index contributed by atoms with van der Waals surface area (Å²) in [5.41, 5.74) is 1.06. The topological polar surface area (TPSA) is 52.4 Å². The Morgan fingerprint density at radius 2 is 2.00 bits per heavy atom. The molecule has 0 atom stereocenters. The predicted molar refractivity (Wildman–Crippen MR) is 88.8 cm³/mol. The molecule has 0 amide bonds. The summed E-state index contributed by atoms with van der Waals surface area (Å²) < 4.78 is 6.45. The molecule has 0 saturated carbocycles. The highest BCUT2D eigenvalue weighted by molar-refractivity contribution is 14.1. The first-order chi connectivity index (χ1) is 9.51. The second-order valence-corrected chi connectivity index (χ2v) is 6.20. The van der Waals surface area contributed by atoms with E-state index in [2.05, 4.69) is 0 Å². The Morgan fingerprint density at radius 1 is 1.25 bits per heavy atom. The van der Waals surface area contributed by atoms with Crippen LogP contribution in [0.4, 0.5) is 5.69 Å². The van der Waals surface area contributed by atoms with Gasteiger partial charge in [-0.05, 0) is 71.7 Å². The smallest absolute Gasteiger partial charge is 0.312 e. The average Bonchev–Trinajstić information content (AvgIpc) is 2.41. The number of aryl methyl sites for hydroxylation is 1. The van der Waals surface area contributed by atoms with Gasteiger partial charge in [-0.1, -0.05) is 0 Å². The van der Waals surface area contributed by atoms with Gasteiger partial charge in [0.1, 0.15) is 5.75 Å². The molecule has 0 aliphatic rings. The van der Waals surface area contributed by atoms with E-state index >= 15 is 0 Å². The van der Waals surface area contributed by atoms with E-state index in [0.29, 0.717) is 5.75 Å². The van der Waals surface area contributed by atoms with Crippen molar-refractivity contribution in [2.24, 2.45) is 0 Å². The average molecular weight is 401 g/mol. The second-order valence-electron chi connectivity index (χ2n) is 4.10. The molecule has 2 rings (SSSR count). The van der Waals surface area contributed by atoms with Crippen LogP contribution in [0, 0.1) is 20.6 Å². The van der Waals surface area contributed by atoms with Crippen LogP contribution in [0.1, 0.15) is 5.56 Å². The van der Waals surface area contributed by atoms with E-state index in [0.717, 1.165) is 14.0 Å². The van der Waals surface area contributed by atoms with Crippen molar-refractivity contribution in [3.05, 3.63) is 55.6 Å². The minimum atomic E-state index is -0.430. The Bertz CT molecular complexity index is 661. The first kappa shape index (κ1) is 15.1. The SMILES string of the molecule is CSc1ccc(Oc2ccc(I)cc2[N+](=O)[O-])cc1C. The highest BCUT2D eigenvalue weighted by atomic mass is 127. The highest BCUT2D eigenvalue weighted by Gasteiger charge is 2.16. The fourth-order valence-electron chi connectivity index (χ4n) is 1.76. The van der Waals surface area contributed by atoms with Gasteiger partial charge in [-0.15, -0.1) is 11.8 Å². The number of ether oxygens (including phenoxy) is 1. The molecule has 0 spiro atoms. The van der Waals surface area contributed by atoms with Gasteiger partial charge in [0.05, 0.1) is 4.92 Å². The zero-order valence-electron chi connectivity index (χ0n) is 10.9. The van der Waals surface area contributed by atoms with Crippen LogP contribution < -0.4 is 4.74 Å². The Morgan fingerprint density at radius 3 is 2.60 bits per heavy atom. The number of nitrogens with zero attached hydrogens (tertiary/aromatic N) is 1. The number of thioether (sulfide) groups is 1. The third-order valence-corrected chi connectivity index (χ3v) is 4.28. The molecule has 2 aromatic carbocycles. The summed E-state index contributed by atoms with van der Waals surface area (Å²) in [5, 5.41) is 11.1. The molecule has 0 heterocycles. The molecule has 4 nitrogen and oxygen atoms in total. The van der Waals surface area contributed by atoms with E-state index < -0.39 is 4.92 Å². The maximum atomic E-state index is 11.1. The monoisotopic (exact) mass is 401 g/mol. The van der Waals surface area contributed by atoms with Crippen molar-refractivity contribution in [3.63, 3.8) is 0 Å². The number of nitro benzene ring substituents is 1. The first-order valence-corrected chi connectivity index (χ1v) is 8.08. The molecule has 0 aromatic heterocycles. The van der Waals surface area contributed by atoms with Crippen molar-refractivity contribution in [3.8, 4) is 11.5 Å². The van der Waals surface area contributed by atoms with Crippen molar-refractivity contribution in [1.29, 1.82) is 0 Å². The quantitative estimate of drug-likeness (QED) is 0.312. The normalized spacial score (nSPS) is 10.3. The summed E-state index contributed by atoms with van der Waals surface area (Å²) in [5.74, 6) is 0.858. The summed E-state index contributed by atoms with van der Waals surface area (Å²) in [6, 6.07) is 10.6. The van der Waals surface area contributed by atoms with E-state index in [-0.39, 0.29) is 11.4 Å². The van der Waals surface area contributed by atoms with Crippen molar-refractivity contribution >= 4 is 40.0 Å². The third kappa shape index (κ3) is 3.43. The molecule has 0 saturated heterocycles. The Balaban J connectivity index is 2.35. The molecule has 0 radical (unpaired) electrons. The van der Waals surface area contributed by atoms with Crippen LogP contribution in [0.2, 0.25) is 0 Å². The maximum Gasteiger partial charge on any atom is 0.312 e. The van der Waals surface area contributed by atoms with Crippen LogP contribution in [0.3, 0.4) is 0 Å². The lowest BCUT2D eigenvalue weighted by Crippen LogP contribution is -1.94. The number of hydrogen-bond donors (Lipinski definition) is 0. The van der Waals surface area contributed by atoms with Crippen LogP contribution in [-0.2, 0) is 0 Å². The van der Waals surface area contributed by atoms with Crippen LogP contribution >= 0.6 is 34.4 Å². The minimum absolute atomic E-state index is 0.0245. The van der Waals surface area contributed by atoms with Gasteiger partial charge in [0, 0.05) is 14.5 Å². The molecule has 0 N–H and O–H groups in total. The molecule has 0 aliphatic carbocycles. The Labute approximate surface area is 134 Å². The molecule has 0 unspecified atom stereocenters. The van der Waals surface area contributed by atoms with Gasteiger partial charge in [-0.2, -0.15) is 0 Å². The van der Waals surface area contributed by atoms with Crippen molar-refractivity contribution < 1.29 is 9.66 Å². The molecule has 104 valence electrons. The number of halogens is 1. The van der Waals surface area contributed by atoms with Gasteiger partial charge in [-0.3, -0.25) is 10.1 Å². The van der Waals surface area contributed by atoms with Crippen molar-refractivity contribution in [2.75, 3.05) is 6.26 Å². The minimum Gasteiger partial charge on any atom is -0.450 e. The van der Waals surface area contributed by atoms with Gasteiger partial charge in [0.2, 0.25) is 5.75 Å². The lowest BCUT2D eigenvalue weighted by atomic mass is 10.2. The zero-order chi connectivity index (χ0) is 14.7. The predicted octanol–water partition coefficient (Wildman–Crippen LogP) is 5.02. The van der Waals surface area contributed by atoms with E-state index in [4.69, 9.17) is 4.74 Å². The van der Waals surface area contributed by atoms with Crippen LogP contribution in [0.5, 0.6) is 11.5 Å². The second kappa shape index (κ2) is 6.45. The maximum absolute atomic E-state index is 11.1. The summed E-state index contributed by atoms with van der Waals surface area (Å²) in [6.45, 7) is 1.99. The van der Waals surface area contributed by atoms with Crippen LogP contribution in [0.15, 0.2) is 41.3 Å². The molecule has 0 aliphatic heterocycles. The van der Waals surface area contributed by atoms with Crippen LogP contribution in [-0.4, -0.2) is 11.2 Å². The van der Waals surface area contributed by atoms with Crippen molar-refractivity contribution in [2.45, 2.75) is 11.8 Å². The standard InChI is InChI=1S/C14H12INO3S/c1-9-7-11(4-6-14(9)20-2)19-13-5-3-10(15)8-12(13)16(17)18/h3-8H,1-2H3. The van der Waals surface area contributed by atoms with Gasteiger partial charge in [0.25, 0.3) is 0 Å². The number of nitro groups is 1. The lowest BCUT2D eigenvalue weighted by Gasteiger charge is -2.09. The summed E-state index contributed by atoms with van der Waals surface area (Å²) in [6.07, 6.45) is 2.01.